The summed E-state index contributed by atoms with van der Waals surface area (Å²) < 4.78 is 18.6. The summed E-state index contributed by atoms with van der Waals surface area (Å²) in [7, 11) is 0. The van der Waals surface area contributed by atoms with Gasteiger partial charge in [0.1, 0.15) is 11.6 Å². The second kappa shape index (κ2) is 4.44. The number of benzene rings is 1. The van der Waals surface area contributed by atoms with E-state index in [-0.39, 0.29) is 5.82 Å². The molecule has 2 nitrogen and oxygen atoms in total. The van der Waals surface area contributed by atoms with Crippen LogP contribution in [0.5, 0.6) is 0 Å². The number of halogens is 2. The summed E-state index contributed by atoms with van der Waals surface area (Å²) in [6, 6.07) is 4.86. The van der Waals surface area contributed by atoms with Gasteiger partial charge in [0.05, 0.1) is 11.6 Å². The molecule has 2 rings (SSSR count). The van der Waals surface area contributed by atoms with E-state index in [1.807, 2.05) is 0 Å². The van der Waals surface area contributed by atoms with Gasteiger partial charge < -0.3 is 9.73 Å². The molecule has 0 amide bonds. The number of hydrogen-bond acceptors (Lipinski definition) is 2. The lowest BCUT2D eigenvalue weighted by atomic mass is 10.2. The first-order valence-electron chi connectivity index (χ1n) is 5.17. The Kier molecular flexibility index (Phi) is 3.17. The average molecular weight is 242 g/mol. The van der Waals surface area contributed by atoms with Crippen LogP contribution in [0.15, 0.2) is 22.6 Å². The van der Waals surface area contributed by atoms with Crippen molar-refractivity contribution >= 4 is 22.6 Å². The lowest BCUT2D eigenvalue weighted by Crippen LogP contribution is -2.21. The molecule has 0 aliphatic rings. The van der Waals surface area contributed by atoms with E-state index in [9.17, 15) is 4.39 Å². The van der Waals surface area contributed by atoms with Gasteiger partial charge in [-0.15, -0.1) is 0 Å². The lowest BCUT2D eigenvalue weighted by Gasteiger charge is -2.04. The topological polar surface area (TPSA) is 25.2 Å². The van der Waals surface area contributed by atoms with Crippen molar-refractivity contribution in [3.05, 3.63) is 34.8 Å². The van der Waals surface area contributed by atoms with Crippen LogP contribution in [0.2, 0.25) is 5.02 Å². The van der Waals surface area contributed by atoms with Gasteiger partial charge in [-0.1, -0.05) is 25.4 Å². The Balaban J connectivity index is 2.33. The highest BCUT2D eigenvalue weighted by Crippen LogP contribution is 2.28. The average Bonchev–Trinajstić information content (AvgIpc) is 2.57. The fourth-order valence-electron chi connectivity index (χ4n) is 1.52. The molecule has 0 aliphatic carbocycles. The zero-order chi connectivity index (χ0) is 11.7. The Labute approximate surface area is 98.4 Å². The lowest BCUT2D eigenvalue weighted by molar-refractivity contribution is 0.488. The Hall–Kier alpha value is -1.06. The summed E-state index contributed by atoms with van der Waals surface area (Å²) in [4.78, 5) is 0. The molecule has 0 spiro atoms. The van der Waals surface area contributed by atoms with Crippen molar-refractivity contribution in [2.24, 2.45) is 0 Å². The first-order chi connectivity index (χ1) is 7.56. The van der Waals surface area contributed by atoms with Crippen LogP contribution in [0.3, 0.4) is 0 Å². The molecule has 0 radical (unpaired) electrons. The van der Waals surface area contributed by atoms with Crippen LogP contribution in [0, 0.1) is 5.82 Å². The second-order valence-electron chi connectivity index (χ2n) is 4.05. The number of rotatable bonds is 3. The molecule has 16 heavy (non-hydrogen) atoms. The summed E-state index contributed by atoms with van der Waals surface area (Å²) in [6.07, 6.45) is 0. The van der Waals surface area contributed by atoms with Crippen LogP contribution in [-0.2, 0) is 6.54 Å². The molecular formula is C12H13ClFNO. The molecule has 0 saturated heterocycles. The Morgan fingerprint density at radius 3 is 2.81 bits per heavy atom. The van der Waals surface area contributed by atoms with Gasteiger partial charge in [-0.05, 0) is 18.2 Å². The highest BCUT2D eigenvalue weighted by Gasteiger charge is 2.09. The highest BCUT2D eigenvalue weighted by molar-refractivity contribution is 6.34. The largest absolute Gasteiger partial charge is 0.458 e. The zero-order valence-electron chi connectivity index (χ0n) is 9.18. The number of fused-ring (bicyclic) bond motifs is 1. The highest BCUT2D eigenvalue weighted by atomic mass is 35.5. The first kappa shape index (κ1) is 11.4. The van der Waals surface area contributed by atoms with Crippen molar-refractivity contribution in [2.45, 2.75) is 26.4 Å². The van der Waals surface area contributed by atoms with Crippen molar-refractivity contribution in [2.75, 3.05) is 0 Å². The maximum atomic E-state index is 13.1. The summed E-state index contributed by atoms with van der Waals surface area (Å²) in [6.45, 7) is 4.72. The molecule has 86 valence electrons. The standard InChI is InChI=1S/C12H13ClFNO/c1-7(2)15-6-10-4-8-3-9(14)5-11(13)12(8)16-10/h3-5,7,15H,6H2,1-2H3. The van der Waals surface area contributed by atoms with E-state index >= 15 is 0 Å². The van der Waals surface area contributed by atoms with E-state index < -0.39 is 0 Å². The Morgan fingerprint density at radius 1 is 1.38 bits per heavy atom. The fourth-order valence-corrected chi connectivity index (χ4v) is 1.77. The molecule has 2 aromatic rings. The van der Waals surface area contributed by atoms with Crippen LogP contribution < -0.4 is 5.32 Å². The molecule has 0 saturated carbocycles. The molecule has 1 N–H and O–H groups in total. The maximum absolute atomic E-state index is 13.1. The van der Waals surface area contributed by atoms with Crippen molar-refractivity contribution in [3.63, 3.8) is 0 Å². The van der Waals surface area contributed by atoms with Gasteiger partial charge in [0.15, 0.2) is 5.58 Å². The molecule has 0 unspecified atom stereocenters. The van der Waals surface area contributed by atoms with Gasteiger partial charge in [0, 0.05) is 11.4 Å². The van der Waals surface area contributed by atoms with Gasteiger partial charge in [0.25, 0.3) is 0 Å². The summed E-state index contributed by atoms with van der Waals surface area (Å²) in [5.74, 6) is 0.415. The van der Waals surface area contributed by atoms with E-state index in [1.165, 1.54) is 12.1 Å². The first-order valence-corrected chi connectivity index (χ1v) is 5.55. The normalized spacial score (nSPS) is 11.6. The van der Waals surface area contributed by atoms with Crippen molar-refractivity contribution < 1.29 is 8.81 Å². The van der Waals surface area contributed by atoms with Gasteiger partial charge in [0.2, 0.25) is 0 Å². The van der Waals surface area contributed by atoms with Crippen molar-refractivity contribution in [3.8, 4) is 0 Å². The maximum Gasteiger partial charge on any atom is 0.153 e. The van der Waals surface area contributed by atoms with Gasteiger partial charge in [-0.3, -0.25) is 0 Å². The van der Waals surface area contributed by atoms with Crippen LogP contribution in [0.1, 0.15) is 19.6 Å². The van der Waals surface area contributed by atoms with Crippen LogP contribution in [0.4, 0.5) is 4.39 Å². The molecule has 0 atom stereocenters. The molecule has 0 bridgehead atoms. The number of hydrogen-bond donors (Lipinski definition) is 1. The third kappa shape index (κ3) is 2.36. The van der Waals surface area contributed by atoms with Crippen LogP contribution in [-0.4, -0.2) is 6.04 Å². The SMILES string of the molecule is CC(C)NCc1cc2cc(F)cc(Cl)c2o1. The molecule has 1 heterocycles. The summed E-state index contributed by atoms with van der Waals surface area (Å²) in [5, 5.41) is 4.24. The van der Waals surface area contributed by atoms with Crippen LogP contribution >= 0.6 is 11.6 Å². The number of furan rings is 1. The smallest absolute Gasteiger partial charge is 0.153 e. The molecule has 0 fully saturated rings. The molecule has 1 aromatic carbocycles. The molecule has 0 aliphatic heterocycles. The minimum absolute atomic E-state index is 0.311. The monoisotopic (exact) mass is 241 g/mol. The van der Waals surface area contributed by atoms with E-state index in [1.54, 1.807) is 6.07 Å². The van der Waals surface area contributed by atoms with E-state index in [0.29, 0.717) is 28.6 Å². The number of nitrogens with one attached hydrogen (secondary N) is 1. The predicted molar refractivity (Wildman–Crippen MR) is 63.2 cm³/mol. The Morgan fingerprint density at radius 2 is 2.12 bits per heavy atom. The molecular weight excluding hydrogens is 229 g/mol. The molecule has 1 aromatic heterocycles. The van der Waals surface area contributed by atoms with E-state index in [4.69, 9.17) is 16.0 Å². The minimum atomic E-state index is -0.346. The summed E-state index contributed by atoms with van der Waals surface area (Å²) in [5.41, 5.74) is 0.545. The Bertz CT molecular complexity index is 507. The van der Waals surface area contributed by atoms with Crippen molar-refractivity contribution in [1.29, 1.82) is 0 Å². The zero-order valence-corrected chi connectivity index (χ0v) is 9.94. The quantitative estimate of drug-likeness (QED) is 0.886. The minimum Gasteiger partial charge on any atom is -0.458 e. The van der Waals surface area contributed by atoms with Gasteiger partial charge in [-0.2, -0.15) is 0 Å². The molecule has 4 heteroatoms. The third-order valence-electron chi connectivity index (χ3n) is 2.27. The van der Waals surface area contributed by atoms with Gasteiger partial charge in [-0.25, -0.2) is 4.39 Å². The van der Waals surface area contributed by atoms with Crippen molar-refractivity contribution in [1.82, 2.24) is 5.32 Å². The van der Waals surface area contributed by atoms with Gasteiger partial charge >= 0.3 is 0 Å². The fraction of sp³-hybridized carbons (Fsp3) is 0.333. The van der Waals surface area contributed by atoms with Crippen LogP contribution in [0.25, 0.3) is 11.0 Å². The summed E-state index contributed by atoms with van der Waals surface area (Å²) >= 11 is 5.88. The van der Waals surface area contributed by atoms with E-state index in [2.05, 4.69) is 19.2 Å². The predicted octanol–water partition coefficient (Wildman–Crippen LogP) is 3.72. The van der Waals surface area contributed by atoms with E-state index in [0.717, 1.165) is 5.76 Å². The second-order valence-corrected chi connectivity index (χ2v) is 4.46. The third-order valence-corrected chi connectivity index (χ3v) is 2.55.